The van der Waals surface area contributed by atoms with Gasteiger partial charge in [-0.25, -0.2) is 0 Å². The third-order valence-corrected chi connectivity index (χ3v) is 4.76. The Bertz CT molecular complexity index is 1160. The highest BCUT2D eigenvalue weighted by Crippen LogP contribution is 2.36. The molecule has 0 saturated heterocycles. The van der Waals surface area contributed by atoms with Crippen LogP contribution >= 0.6 is 0 Å². The summed E-state index contributed by atoms with van der Waals surface area (Å²) in [5, 5.41) is 30.8. The minimum atomic E-state index is -0.449. The van der Waals surface area contributed by atoms with Gasteiger partial charge in [-0.1, -0.05) is 29.4 Å². The van der Waals surface area contributed by atoms with E-state index in [2.05, 4.69) is 19.9 Å². The van der Waals surface area contributed by atoms with Crippen LogP contribution < -0.4 is 5.43 Å². The molecule has 0 bridgehead atoms. The number of fused-ring (bicyclic) bond motifs is 2. The number of para-hydroxylation sites is 1. The van der Waals surface area contributed by atoms with Crippen molar-refractivity contribution in [3.05, 3.63) is 63.4 Å². The number of benzene rings is 2. The Morgan fingerprint density at radius 1 is 1.00 bits per heavy atom. The normalized spacial score (nSPS) is 11.9. The highest BCUT2D eigenvalue weighted by molar-refractivity contribution is 5.97. The van der Waals surface area contributed by atoms with E-state index < -0.39 is 5.43 Å². The van der Waals surface area contributed by atoms with Gasteiger partial charge in [0.1, 0.15) is 22.5 Å². The quantitative estimate of drug-likeness (QED) is 0.413. The maximum atomic E-state index is 12.8. The van der Waals surface area contributed by atoms with E-state index in [1.807, 2.05) is 13.0 Å². The SMILES string of the molecule is CC(C)=CCC/C(C)=C/Cc1c(O)cc(O)c2c(=O)c3cccc(O)c3oc12. The van der Waals surface area contributed by atoms with Gasteiger partial charge in [0, 0.05) is 11.6 Å². The molecule has 0 amide bonds. The Hall–Kier alpha value is -3.21. The summed E-state index contributed by atoms with van der Waals surface area (Å²) in [7, 11) is 0. The molecule has 3 rings (SSSR count). The monoisotopic (exact) mass is 380 g/mol. The highest BCUT2D eigenvalue weighted by atomic mass is 16.4. The average molecular weight is 380 g/mol. The maximum absolute atomic E-state index is 12.8. The van der Waals surface area contributed by atoms with Gasteiger partial charge in [-0.15, -0.1) is 0 Å². The number of allylic oxidation sites excluding steroid dienone is 4. The van der Waals surface area contributed by atoms with Crippen molar-refractivity contribution in [1.29, 1.82) is 0 Å². The van der Waals surface area contributed by atoms with Crippen molar-refractivity contribution in [2.45, 2.75) is 40.0 Å². The predicted octanol–water partition coefficient (Wildman–Crippen LogP) is 5.30. The van der Waals surface area contributed by atoms with Crippen LogP contribution in [0.25, 0.3) is 21.9 Å². The van der Waals surface area contributed by atoms with Crippen LogP contribution in [0.2, 0.25) is 0 Å². The van der Waals surface area contributed by atoms with Crippen molar-refractivity contribution in [2.24, 2.45) is 0 Å². The number of aromatic hydroxyl groups is 3. The van der Waals surface area contributed by atoms with Crippen molar-refractivity contribution in [3.63, 3.8) is 0 Å². The lowest BCUT2D eigenvalue weighted by Gasteiger charge is -2.10. The van der Waals surface area contributed by atoms with Gasteiger partial charge in [0.2, 0.25) is 5.43 Å². The first-order valence-electron chi connectivity index (χ1n) is 9.21. The summed E-state index contributed by atoms with van der Waals surface area (Å²) in [5.41, 5.74) is 2.49. The molecule has 146 valence electrons. The molecule has 1 heterocycles. The molecule has 0 spiro atoms. The van der Waals surface area contributed by atoms with Crippen LogP contribution in [-0.4, -0.2) is 15.3 Å². The minimum absolute atomic E-state index is 0.00138. The van der Waals surface area contributed by atoms with Crippen LogP contribution in [0.5, 0.6) is 17.2 Å². The van der Waals surface area contributed by atoms with Gasteiger partial charge in [-0.05, 0) is 52.2 Å². The van der Waals surface area contributed by atoms with Gasteiger partial charge in [-0.2, -0.15) is 0 Å². The molecule has 0 atom stereocenters. The number of rotatable bonds is 5. The van der Waals surface area contributed by atoms with Gasteiger partial charge >= 0.3 is 0 Å². The molecule has 1 aromatic heterocycles. The zero-order valence-electron chi connectivity index (χ0n) is 16.2. The van der Waals surface area contributed by atoms with E-state index in [0.29, 0.717) is 12.0 Å². The molecule has 0 aliphatic rings. The molecular weight excluding hydrogens is 356 g/mol. The Morgan fingerprint density at radius 3 is 2.46 bits per heavy atom. The van der Waals surface area contributed by atoms with E-state index in [1.165, 1.54) is 23.8 Å². The molecule has 0 fully saturated rings. The lowest BCUT2D eigenvalue weighted by molar-refractivity contribution is 0.446. The fraction of sp³-hybridized carbons (Fsp3) is 0.261. The van der Waals surface area contributed by atoms with E-state index in [-0.39, 0.29) is 39.2 Å². The smallest absolute Gasteiger partial charge is 0.204 e. The van der Waals surface area contributed by atoms with Crippen molar-refractivity contribution in [3.8, 4) is 17.2 Å². The topological polar surface area (TPSA) is 90.9 Å². The van der Waals surface area contributed by atoms with Gasteiger partial charge < -0.3 is 19.7 Å². The maximum Gasteiger partial charge on any atom is 0.204 e. The van der Waals surface area contributed by atoms with Crippen molar-refractivity contribution >= 4 is 21.9 Å². The first-order valence-corrected chi connectivity index (χ1v) is 9.21. The largest absolute Gasteiger partial charge is 0.507 e. The summed E-state index contributed by atoms with van der Waals surface area (Å²) in [5.74, 6) is -0.672. The minimum Gasteiger partial charge on any atom is -0.507 e. The van der Waals surface area contributed by atoms with E-state index in [9.17, 15) is 20.1 Å². The second-order valence-electron chi connectivity index (χ2n) is 7.26. The molecule has 3 aromatic rings. The van der Waals surface area contributed by atoms with E-state index in [4.69, 9.17) is 4.42 Å². The fourth-order valence-corrected chi connectivity index (χ4v) is 3.22. The van der Waals surface area contributed by atoms with Gasteiger partial charge in [0.25, 0.3) is 0 Å². The first kappa shape index (κ1) is 19.5. The second-order valence-corrected chi connectivity index (χ2v) is 7.26. The van der Waals surface area contributed by atoms with Crippen molar-refractivity contribution in [2.75, 3.05) is 0 Å². The van der Waals surface area contributed by atoms with Crippen LogP contribution in [0.3, 0.4) is 0 Å². The summed E-state index contributed by atoms with van der Waals surface area (Å²) < 4.78 is 5.79. The predicted molar refractivity (Wildman–Crippen MR) is 111 cm³/mol. The molecule has 2 aromatic carbocycles. The standard InChI is InChI=1S/C23H24O5/c1-13(2)6-4-7-14(3)10-11-15-18(25)12-19(26)20-21(27)16-8-5-9-17(24)22(16)28-23(15)20/h5-6,8-10,12,24-26H,4,7,11H2,1-3H3/b14-10+. The fourth-order valence-electron chi connectivity index (χ4n) is 3.22. The molecular formula is C23H24O5. The summed E-state index contributed by atoms with van der Waals surface area (Å²) in [6, 6.07) is 5.65. The van der Waals surface area contributed by atoms with Crippen molar-refractivity contribution in [1.82, 2.24) is 0 Å². The molecule has 0 aliphatic carbocycles. The number of hydrogen-bond donors (Lipinski definition) is 3. The van der Waals surface area contributed by atoms with E-state index in [0.717, 1.165) is 24.5 Å². The lowest BCUT2D eigenvalue weighted by Crippen LogP contribution is -2.04. The van der Waals surface area contributed by atoms with Gasteiger partial charge in [-0.3, -0.25) is 4.79 Å². The summed E-state index contributed by atoms with van der Waals surface area (Å²) in [6.07, 6.45) is 6.29. The van der Waals surface area contributed by atoms with Crippen LogP contribution in [0.15, 0.2) is 56.8 Å². The molecule has 28 heavy (non-hydrogen) atoms. The summed E-state index contributed by atoms with van der Waals surface area (Å²) >= 11 is 0. The highest BCUT2D eigenvalue weighted by Gasteiger charge is 2.19. The molecule has 5 nitrogen and oxygen atoms in total. The molecule has 5 heteroatoms. The molecule has 0 aliphatic heterocycles. The van der Waals surface area contributed by atoms with Crippen LogP contribution in [-0.2, 0) is 6.42 Å². The summed E-state index contributed by atoms with van der Waals surface area (Å²) in [6.45, 7) is 6.12. The van der Waals surface area contributed by atoms with E-state index >= 15 is 0 Å². The van der Waals surface area contributed by atoms with Gasteiger partial charge in [0.05, 0.1) is 5.39 Å². The van der Waals surface area contributed by atoms with Crippen LogP contribution in [0, 0.1) is 0 Å². The Morgan fingerprint density at radius 2 is 1.75 bits per heavy atom. The summed E-state index contributed by atoms with van der Waals surface area (Å²) in [4.78, 5) is 12.8. The average Bonchev–Trinajstić information content (AvgIpc) is 2.61. The van der Waals surface area contributed by atoms with Crippen LogP contribution in [0.1, 0.15) is 39.2 Å². The first-order chi connectivity index (χ1) is 13.3. The van der Waals surface area contributed by atoms with Gasteiger partial charge in [0.15, 0.2) is 11.3 Å². The lowest BCUT2D eigenvalue weighted by atomic mass is 10.0. The van der Waals surface area contributed by atoms with E-state index in [1.54, 1.807) is 0 Å². The Labute approximate surface area is 162 Å². The van der Waals surface area contributed by atoms with Crippen molar-refractivity contribution < 1.29 is 19.7 Å². The molecule has 0 saturated carbocycles. The molecule has 3 N–H and O–H groups in total. The number of phenols is 3. The second kappa shape index (κ2) is 7.80. The number of hydrogen-bond acceptors (Lipinski definition) is 5. The third kappa shape index (κ3) is 3.74. The Balaban J connectivity index is 2.12. The van der Waals surface area contributed by atoms with Crippen LogP contribution in [0.4, 0.5) is 0 Å². The zero-order valence-corrected chi connectivity index (χ0v) is 16.2. The molecule has 0 unspecified atom stereocenters. The Kier molecular flexibility index (Phi) is 5.45. The number of phenolic OH excluding ortho intramolecular Hbond substituents is 3. The molecule has 0 radical (unpaired) electrons. The third-order valence-electron chi connectivity index (χ3n) is 4.76. The zero-order chi connectivity index (χ0) is 20.4.